The number of thiol groups is 2. The molecule has 0 aliphatic rings. The van der Waals surface area contributed by atoms with Crippen molar-refractivity contribution in [1.29, 1.82) is 0 Å². The minimum atomic E-state index is -0.740. The van der Waals surface area contributed by atoms with Crippen molar-refractivity contribution in [3.8, 4) is 0 Å². The van der Waals surface area contributed by atoms with Crippen molar-refractivity contribution in [2.24, 2.45) is 0 Å². The van der Waals surface area contributed by atoms with Crippen molar-refractivity contribution < 1.29 is 10.2 Å². The quantitative estimate of drug-likeness (QED) is 0.342. The molecule has 0 saturated carbocycles. The van der Waals surface area contributed by atoms with Gasteiger partial charge in [0, 0.05) is 70.6 Å². The molecule has 0 amide bonds. The van der Waals surface area contributed by atoms with E-state index >= 15 is 0 Å². The van der Waals surface area contributed by atoms with Crippen molar-refractivity contribution in [2.45, 2.75) is 12.2 Å². The summed E-state index contributed by atoms with van der Waals surface area (Å²) in [5, 5.41) is 17.5. The molecule has 6 heteroatoms. The Balaban J connectivity index is -0.000000245. The Bertz CT molecular complexity index is 59.2. The van der Waals surface area contributed by atoms with Crippen LogP contribution in [0.15, 0.2) is 0 Å². The van der Waals surface area contributed by atoms with Gasteiger partial charge in [-0.2, -0.15) is 25.3 Å². The summed E-state index contributed by atoms with van der Waals surface area (Å²) in [6.45, 7) is 0. The maximum atomic E-state index is 8.75. The standard InChI is InChI=1S/C4H10O2S2.2Na/c5-3(1-7)4(6)2-8;;/h3-8H,1-2H2;;/t3-,4-;;/m1../s1. The van der Waals surface area contributed by atoms with Gasteiger partial charge in [0.05, 0.1) is 12.2 Å². The molecule has 0 aromatic heterocycles. The van der Waals surface area contributed by atoms with Crippen molar-refractivity contribution in [3.63, 3.8) is 0 Å². The van der Waals surface area contributed by atoms with E-state index in [2.05, 4.69) is 25.3 Å². The molecule has 2 N–H and O–H groups in total. The van der Waals surface area contributed by atoms with E-state index in [-0.39, 0.29) is 70.6 Å². The molecule has 0 heterocycles. The van der Waals surface area contributed by atoms with Gasteiger partial charge in [-0.25, -0.2) is 0 Å². The molecule has 0 rings (SSSR count). The van der Waals surface area contributed by atoms with Crippen LogP contribution in [0.2, 0.25) is 0 Å². The van der Waals surface area contributed by atoms with Crippen LogP contribution in [-0.4, -0.2) is 93.0 Å². The second kappa shape index (κ2) is 11.6. The van der Waals surface area contributed by atoms with Crippen molar-refractivity contribution in [2.75, 3.05) is 11.5 Å². The molecule has 0 aromatic rings. The van der Waals surface area contributed by atoms with E-state index in [1.165, 1.54) is 0 Å². The molecule has 0 aliphatic carbocycles. The van der Waals surface area contributed by atoms with E-state index in [0.29, 0.717) is 0 Å². The van der Waals surface area contributed by atoms with Gasteiger partial charge in [0.15, 0.2) is 0 Å². The maximum Gasteiger partial charge on any atom is 0.0894 e. The fraction of sp³-hybridized carbons (Fsp3) is 1.00. The number of hydrogen-bond acceptors (Lipinski definition) is 4. The molecule has 2 atom stereocenters. The Morgan fingerprint density at radius 3 is 1.20 bits per heavy atom. The molecule has 0 aromatic carbocycles. The van der Waals surface area contributed by atoms with Gasteiger partial charge in [0.25, 0.3) is 0 Å². The van der Waals surface area contributed by atoms with Crippen LogP contribution in [0.25, 0.3) is 0 Å². The summed E-state index contributed by atoms with van der Waals surface area (Å²) in [5.41, 5.74) is 0. The average Bonchev–Trinajstić information content (AvgIpc) is 1.84. The minimum Gasteiger partial charge on any atom is -0.390 e. The first kappa shape index (κ1) is 18.4. The summed E-state index contributed by atoms with van der Waals surface area (Å²) in [6, 6.07) is 0. The second-order valence-corrected chi connectivity index (χ2v) is 2.23. The molecule has 10 heavy (non-hydrogen) atoms. The van der Waals surface area contributed by atoms with Crippen LogP contribution in [0.4, 0.5) is 0 Å². The van der Waals surface area contributed by atoms with Gasteiger partial charge in [0.1, 0.15) is 0 Å². The third-order valence-corrected chi connectivity index (χ3v) is 1.57. The topological polar surface area (TPSA) is 40.5 Å². The van der Waals surface area contributed by atoms with E-state index < -0.39 is 12.2 Å². The number of hydrogen-bond donors (Lipinski definition) is 4. The van der Waals surface area contributed by atoms with Gasteiger partial charge < -0.3 is 10.2 Å². The molecule has 0 fully saturated rings. The largest absolute Gasteiger partial charge is 0.390 e. The third kappa shape index (κ3) is 8.71. The Hall–Kier alpha value is 2.62. The molecular weight excluding hydrogens is 190 g/mol. The first-order valence-electron chi connectivity index (χ1n) is 2.30. The predicted molar refractivity (Wildman–Crippen MR) is 51.2 cm³/mol. The van der Waals surface area contributed by atoms with Gasteiger partial charge in [-0.05, 0) is 0 Å². The van der Waals surface area contributed by atoms with E-state index in [1.54, 1.807) is 0 Å². The Kier molecular flexibility index (Phi) is 21.4. The average molecular weight is 200 g/mol. The molecular formula is C4H10Na2O2S2. The Morgan fingerprint density at radius 1 is 0.900 bits per heavy atom. The second-order valence-electron chi connectivity index (χ2n) is 1.50. The van der Waals surface area contributed by atoms with E-state index in [4.69, 9.17) is 10.2 Å². The van der Waals surface area contributed by atoms with Crippen LogP contribution in [0.5, 0.6) is 0 Å². The summed E-state index contributed by atoms with van der Waals surface area (Å²) in [5.74, 6) is 0.559. The monoisotopic (exact) mass is 200 g/mol. The molecule has 2 nitrogen and oxygen atoms in total. The Labute approximate surface area is 117 Å². The molecule has 0 spiro atoms. The summed E-state index contributed by atoms with van der Waals surface area (Å²) >= 11 is 7.53. The van der Waals surface area contributed by atoms with Gasteiger partial charge >= 0.3 is 0 Å². The van der Waals surface area contributed by atoms with Crippen molar-refractivity contribution >= 4 is 84.4 Å². The summed E-state index contributed by atoms with van der Waals surface area (Å²) < 4.78 is 0. The van der Waals surface area contributed by atoms with E-state index in [0.717, 1.165) is 0 Å². The number of aliphatic hydroxyl groups excluding tert-OH is 2. The molecule has 0 bridgehead atoms. The van der Waals surface area contributed by atoms with Gasteiger partial charge in [-0.15, -0.1) is 0 Å². The fourth-order valence-corrected chi connectivity index (χ4v) is 0.730. The van der Waals surface area contributed by atoms with Crippen LogP contribution >= 0.6 is 25.3 Å². The SMILES string of the molecule is O[C@H](CS)[C@H](O)CS.[Na].[Na]. The molecule has 0 unspecified atom stereocenters. The van der Waals surface area contributed by atoms with Crippen LogP contribution < -0.4 is 0 Å². The van der Waals surface area contributed by atoms with Crippen molar-refractivity contribution in [3.05, 3.63) is 0 Å². The first-order chi connectivity index (χ1) is 3.72. The van der Waals surface area contributed by atoms with Crippen LogP contribution in [0, 0.1) is 0 Å². The third-order valence-electron chi connectivity index (χ3n) is 0.818. The Morgan fingerprint density at radius 2 is 1.10 bits per heavy atom. The summed E-state index contributed by atoms with van der Waals surface area (Å²) in [7, 11) is 0. The van der Waals surface area contributed by atoms with E-state index in [1.807, 2.05) is 0 Å². The summed E-state index contributed by atoms with van der Waals surface area (Å²) in [6.07, 6.45) is -1.48. The zero-order chi connectivity index (χ0) is 6.57. The predicted octanol–water partition coefficient (Wildman–Crippen LogP) is -1.19. The molecule has 0 aliphatic heterocycles. The van der Waals surface area contributed by atoms with Gasteiger partial charge in [-0.3, -0.25) is 0 Å². The van der Waals surface area contributed by atoms with Gasteiger partial charge in [0.2, 0.25) is 0 Å². The van der Waals surface area contributed by atoms with Crippen LogP contribution in [-0.2, 0) is 0 Å². The van der Waals surface area contributed by atoms with E-state index in [9.17, 15) is 0 Å². The van der Waals surface area contributed by atoms with Gasteiger partial charge in [-0.1, -0.05) is 0 Å². The normalized spacial score (nSPS) is 14.4. The molecule has 0 saturated heterocycles. The maximum absolute atomic E-state index is 8.75. The molecule has 2 radical (unpaired) electrons. The smallest absolute Gasteiger partial charge is 0.0894 e. The first-order valence-corrected chi connectivity index (χ1v) is 3.56. The molecule has 52 valence electrons. The zero-order valence-electron chi connectivity index (χ0n) is 6.36. The number of aliphatic hydroxyl groups is 2. The number of rotatable bonds is 3. The van der Waals surface area contributed by atoms with Crippen LogP contribution in [0.1, 0.15) is 0 Å². The summed E-state index contributed by atoms with van der Waals surface area (Å²) in [4.78, 5) is 0. The zero-order valence-corrected chi connectivity index (χ0v) is 12.1. The van der Waals surface area contributed by atoms with Crippen LogP contribution in [0.3, 0.4) is 0 Å². The minimum absolute atomic E-state index is 0. The van der Waals surface area contributed by atoms with Crippen molar-refractivity contribution in [1.82, 2.24) is 0 Å². The fourth-order valence-electron chi connectivity index (χ4n) is 0.243.